The smallest absolute Gasteiger partial charge is 0.164 e. The van der Waals surface area contributed by atoms with Gasteiger partial charge >= 0.3 is 0 Å². The molecule has 0 spiro atoms. The maximum absolute atomic E-state index is 5.02. The van der Waals surface area contributed by atoms with E-state index in [2.05, 4.69) is 9.97 Å². The van der Waals surface area contributed by atoms with Crippen LogP contribution in [0, 0.1) is 0 Å². The Balaban J connectivity index is 0.00000256. The number of benzene rings is 4. The summed E-state index contributed by atoms with van der Waals surface area (Å²) in [5.74, 6) is 2.39. The molecule has 0 fully saturated rings. The summed E-state index contributed by atoms with van der Waals surface area (Å²) in [6, 6.07) is 32.2. The average molecular weight is 633 g/mol. The number of fused-ring (bicyclic) bond motifs is 20. The Morgan fingerprint density at radius 2 is 0.561 bits per heavy atom. The molecular formula is C32H18N8Sn. The van der Waals surface area contributed by atoms with Crippen molar-refractivity contribution in [3.8, 4) is 45.6 Å². The van der Waals surface area contributed by atoms with Gasteiger partial charge in [-0.1, -0.05) is 97.1 Å². The SMILES string of the molecule is [Sn].c1ccc2c(c1)-c1nc-2nc2[nH]c(nc3nc(nc4[nH]c(n1)c1ccccc41)-c1ccccc1-3)c1ccccc21. The minimum Gasteiger partial charge on any atom is -0.324 e. The number of nitrogens with one attached hydrogen (secondary N) is 2. The molecule has 9 heteroatoms. The summed E-state index contributed by atoms with van der Waals surface area (Å²) in [6.45, 7) is 0. The van der Waals surface area contributed by atoms with Crippen molar-refractivity contribution in [3.05, 3.63) is 97.1 Å². The maximum atomic E-state index is 5.02. The largest absolute Gasteiger partial charge is 0.324 e. The van der Waals surface area contributed by atoms with Crippen LogP contribution in [0.4, 0.5) is 0 Å². The van der Waals surface area contributed by atoms with E-state index in [1.54, 1.807) is 0 Å². The third kappa shape index (κ3) is 3.60. The molecule has 0 amide bonds. The van der Waals surface area contributed by atoms with E-state index in [9.17, 15) is 0 Å². The molecule has 2 N–H and O–H groups in total. The first-order valence-electron chi connectivity index (χ1n) is 13.0. The number of nitrogens with zero attached hydrogens (tertiary/aromatic N) is 6. The number of hydrogen-bond acceptors (Lipinski definition) is 6. The van der Waals surface area contributed by atoms with Crippen molar-refractivity contribution in [2.24, 2.45) is 0 Å². The second-order valence-electron chi connectivity index (χ2n) is 9.79. The molecule has 2 aliphatic heterocycles. The summed E-state index contributed by atoms with van der Waals surface area (Å²) in [4.78, 5) is 36.8. The van der Waals surface area contributed by atoms with E-state index in [-0.39, 0.29) is 23.9 Å². The summed E-state index contributed by atoms with van der Waals surface area (Å²) < 4.78 is 0. The molecule has 0 atom stereocenters. The summed E-state index contributed by atoms with van der Waals surface area (Å²) in [7, 11) is 0. The van der Waals surface area contributed by atoms with Gasteiger partial charge in [-0.05, 0) is 0 Å². The van der Waals surface area contributed by atoms with Crippen molar-refractivity contribution < 1.29 is 0 Å². The van der Waals surface area contributed by atoms with Crippen molar-refractivity contribution in [3.63, 3.8) is 0 Å². The van der Waals surface area contributed by atoms with E-state index in [0.29, 0.717) is 45.9 Å². The summed E-state index contributed by atoms with van der Waals surface area (Å²) in [5, 5.41) is 3.82. The van der Waals surface area contributed by atoms with E-state index >= 15 is 0 Å². The molecule has 9 rings (SSSR count). The van der Waals surface area contributed by atoms with Crippen molar-refractivity contribution in [1.29, 1.82) is 0 Å². The van der Waals surface area contributed by atoms with Crippen LogP contribution in [0.3, 0.4) is 0 Å². The molecule has 4 radical (unpaired) electrons. The van der Waals surface area contributed by atoms with Gasteiger partial charge in [0, 0.05) is 67.7 Å². The quantitative estimate of drug-likeness (QED) is 0.185. The Labute approximate surface area is 249 Å². The summed E-state index contributed by atoms with van der Waals surface area (Å²) in [5.41, 5.74) is 6.45. The van der Waals surface area contributed by atoms with Crippen LogP contribution in [0.1, 0.15) is 0 Å². The van der Waals surface area contributed by atoms with E-state index in [4.69, 9.17) is 29.9 Å². The third-order valence-electron chi connectivity index (χ3n) is 7.46. The molecule has 0 saturated heterocycles. The molecule has 7 aromatic rings. The first-order chi connectivity index (χ1) is 19.8. The van der Waals surface area contributed by atoms with E-state index in [1.165, 1.54) is 0 Å². The van der Waals surface area contributed by atoms with Gasteiger partial charge in [-0.3, -0.25) is 0 Å². The van der Waals surface area contributed by atoms with Gasteiger partial charge in [0.05, 0.1) is 0 Å². The Hall–Kier alpha value is -4.96. The minimum atomic E-state index is 0. The molecule has 2 aliphatic rings. The fraction of sp³-hybridized carbons (Fsp3) is 0. The fourth-order valence-corrected chi connectivity index (χ4v) is 5.59. The molecule has 41 heavy (non-hydrogen) atoms. The Morgan fingerprint density at radius 3 is 0.829 bits per heavy atom. The van der Waals surface area contributed by atoms with Crippen molar-refractivity contribution in [2.75, 3.05) is 0 Å². The van der Waals surface area contributed by atoms with Crippen LogP contribution in [-0.2, 0) is 0 Å². The maximum Gasteiger partial charge on any atom is 0.164 e. The zero-order valence-corrected chi connectivity index (χ0v) is 24.3. The van der Waals surface area contributed by atoms with Gasteiger partial charge in [-0.15, -0.1) is 0 Å². The van der Waals surface area contributed by atoms with Crippen LogP contribution in [-0.4, -0.2) is 63.8 Å². The Bertz CT molecular complexity index is 2030. The number of rotatable bonds is 0. The van der Waals surface area contributed by atoms with Crippen molar-refractivity contribution >= 4 is 68.0 Å². The van der Waals surface area contributed by atoms with Crippen molar-refractivity contribution in [1.82, 2.24) is 39.9 Å². The van der Waals surface area contributed by atoms with Gasteiger partial charge in [0.1, 0.15) is 22.6 Å². The first-order valence-corrected chi connectivity index (χ1v) is 13.0. The van der Waals surface area contributed by atoms with Crippen molar-refractivity contribution in [2.45, 2.75) is 0 Å². The first kappa shape index (κ1) is 23.9. The van der Waals surface area contributed by atoms with Crippen LogP contribution in [0.25, 0.3) is 89.7 Å². The van der Waals surface area contributed by atoms with Crippen LogP contribution in [0.15, 0.2) is 97.1 Å². The summed E-state index contributed by atoms with van der Waals surface area (Å²) >= 11 is 0. The van der Waals surface area contributed by atoms with Crippen LogP contribution in [0.2, 0.25) is 0 Å². The Morgan fingerprint density at radius 1 is 0.317 bits per heavy atom. The number of hydrogen-bond donors (Lipinski definition) is 2. The zero-order valence-electron chi connectivity index (χ0n) is 21.4. The molecule has 0 saturated carbocycles. The normalized spacial score (nSPS) is 11.7. The molecule has 3 aromatic heterocycles. The third-order valence-corrected chi connectivity index (χ3v) is 7.46. The Kier molecular flexibility index (Phi) is 5.26. The fourth-order valence-electron chi connectivity index (χ4n) is 5.59. The van der Waals surface area contributed by atoms with E-state index < -0.39 is 0 Å². The zero-order chi connectivity index (χ0) is 26.2. The molecule has 190 valence electrons. The molecule has 0 aliphatic carbocycles. The van der Waals surface area contributed by atoms with Crippen LogP contribution < -0.4 is 0 Å². The van der Waals surface area contributed by atoms with Gasteiger partial charge < -0.3 is 9.97 Å². The number of aromatic amines is 2. The number of H-pyrrole nitrogens is 2. The average Bonchev–Trinajstić information content (AvgIpc) is 3.73. The van der Waals surface area contributed by atoms with Gasteiger partial charge in [-0.25, -0.2) is 29.9 Å². The molecular weight excluding hydrogens is 615 g/mol. The second-order valence-corrected chi connectivity index (χ2v) is 9.79. The molecule has 4 aromatic carbocycles. The molecule has 5 heterocycles. The van der Waals surface area contributed by atoms with Crippen LogP contribution >= 0.6 is 0 Å². The van der Waals surface area contributed by atoms with Gasteiger partial charge in [-0.2, -0.15) is 0 Å². The minimum absolute atomic E-state index is 0. The number of aromatic nitrogens is 8. The summed E-state index contributed by atoms with van der Waals surface area (Å²) in [6.07, 6.45) is 0. The van der Waals surface area contributed by atoms with Gasteiger partial charge in [0.15, 0.2) is 23.3 Å². The predicted molar refractivity (Wildman–Crippen MR) is 162 cm³/mol. The standard InChI is InChI=1S/C32H18N8.Sn/c1-2-10-18-17(9-1)25-33-26(18)38-28-21-13-5-6-14-22(21)30(35-28)40-32-24-16-8-7-15-23(24)31(36-32)39-29-20-12-4-3-11-19(20)27(34-29)37-25;/h1-16H,(H2,33,34,35,36,37,38,39,40);. The van der Waals surface area contributed by atoms with E-state index in [0.717, 1.165) is 43.8 Å². The predicted octanol–water partition coefficient (Wildman–Crippen LogP) is 6.49. The topological polar surface area (TPSA) is 109 Å². The van der Waals surface area contributed by atoms with E-state index in [1.807, 2.05) is 97.1 Å². The van der Waals surface area contributed by atoms with Gasteiger partial charge in [0.2, 0.25) is 0 Å². The second kappa shape index (κ2) is 9.03. The monoisotopic (exact) mass is 634 g/mol. The molecule has 8 bridgehead atoms. The molecule has 8 nitrogen and oxygen atoms in total. The van der Waals surface area contributed by atoms with Crippen LogP contribution in [0.5, 0.6) is 0 Å². The van der Waals surface area contributed by atoms with Gasteiger partial charge in [0.25, 0.3) is 0 Å². The molecule has 0 unspecified atom stereocenters.